The molecule has 2 N–H and O–H groups in total. The smallest absolute Gasteiger partial charge is 0.271 e. The zero-order chi connectivity index (χ0) is 14.4. The third-order valence-corrected chi connectivity index (χ3v) is 3.10. The van der Waals surface area contributed by atoms with Crippen LogP contribution in [0.25, 0.3) is 0 Å². The van der Waals surface area contributed by atoms with Crippen LogP contribution in [0.3, 0.4) is 0 Å². The van der Waals surface area contributed by atoms with Gasteiger partial charge in [0.05, 0.1) is 30.9 Å². The number of carbonyl (C=O) groups excluding carboxylic acids is 1. The summed E-state index contributed by atoms with van der Waals surface area (Å²) in [6.45, 7) is 4.69. The van der Waals surface area contributed by atoms with Gasteiger partial charge in [-0.2, -0.15) is 0 Å². The van der Waals surface area contributed by atoms with Gasteiger partial charge in [0.2, 0.25) is 0 Å². The molecule has 1 aromatic heterocycles. The Kier molecular flexibility index (Phi) is 5.58. The fourth-order valence-electron chi connectivity index (χ4n) is 1.83. The number of nitrogens with zero attached hydrogens (tertiary/aromatic N) is 1. The molecule has 2 heterocycles. The second-order valence-electron chi connectivity index (χ2n) is 4.33. The van der Waals surface area contributed by atoms with Gasteiger partial charge in [0.25, 0.3) is 5.91 Å². The van der Waals surface area contributed by atoms with E-state index in [0.717, 1.165) is 6.54 Å². The van der Waals surface area contributed by atoms with Crippen molar-refractivity contribution in [2.24, 2.45) is 0 Å². The lowest BCUT2D eigenvalue weighted by atomic mass is 10.3. The molecule has 1 aliphatic rings. The molecule has 1 aliphatic heterocycles. The Morgan fingerprint density at radius 1 is 1.50 bits per heavy atom. The van der Waals surface area contributed by atoms with Gasteiger partial charge >= 0.3 is 0 Å². The molecule has 1 saturated heterocycles. The first-order valence-electron chi connectivity index (χ1n) is 6.58. The van der Waals surface area contributed by atoms with Crippen molar-refractivity contribution in [3.05, 3.63) is 22.8 Å². The first-order valence-corrected chi connectivity index (χ1v) is 6.96. The van der Waals surface area contributed by atoms with Crippen molar-refractivity contribution in [1.29, 1.82) is 0 Å². The zero-order valence-electron chi connectivity index (χ0n) is 11.3. The normalized spacial score (nSPS) is 18.6. The van der Waals surface area contributed by atoms with Crippen molar-refractivity contribution in [2.45, 2.75) is 13.0 Å². The third-order valence-electron chi connectivity index (χ3n) is 2.79. The summed E-state index contributed by atoms with van der Waals surface area (Å²) in [5, 5.41) is 6.13. The molecule has 1 atom stereocenters. The van der Waals surface area contributed by atoms with Crippen LogP contribution in [0.15, 0.2) is 12.1 Å². The average molecular weight is 300 g/mol. The number of amides is 1. The van der Waals surface area contributed by atoms with Gasteiger partial charge in [0, 0.05) is 13.1 Å². The predicted molar refractivity (Wildman–Crippen MR) is 76.3 cm³/mol. The van der Waals surface area contributed by atoms with E-state index >= 15 is 0 Å². The third kappa shape index (κ3) is 4.06. The summed E-state index contributed by atoms with van der Waals surface area (Å²) in [7, 11) is 0. The lowest BCUT2D eigenvalue weighted by molar-refractivity contribution is -0.0855. The van der Waals surface area contributed by atoms with Gasteiger partial charge in [0.1, 0.15) is 11.5 Å². The molecule has 1 amide bonds. The molecule has 110 valence electrons. The van der Waals surface area contributed by atoms with Crippen LogP contribution in [0.1, 0.15) is 17.4 Å². The Morgan fingerprint density at radius 2 is 2.35 bits per heavy atom. The molecular formula is C13H18ClN3O3. The first-order chi connectivity index (χ1) is 9.70. The molecule has 7 heteroatoms. The molecule has 2 rings (SSSR count). The van der Waals surface area contributed by atoms with Crippen molar-refractivity contribution >= 4 is 23.3 Å². The van der Waals surface area contributed by atoms with E-state index in [1.807, 2.05) is 6.92 Å². The molecule has 0 radical (unpaired) electrons. The van der Waals surface area contributed by atoms with Gasteiger partial charge in [0.15, 0.2) is 0 Å². The molecule has 20 heavy (non-hydrogen) atoms. The van der Waals surface area contributed by atoms with Gasteiger partial charge < -0.3 is 20.1 Å². The zero-order valence-corrected chi connectivity index (χ0v) is 12.1. The van der Waals surface area contributed by atoms with Crippen LogP contribution >= 0.6 is 11.6 Å². The minimum atomic E-state index is -0.316. The molecule has 0 aliphatic carbocycles. The van der Waals surface area contributed by atoms with Gasteiger partial charge in [-0.1, -0.05) is 11.6 Å². The molecule has 1 aromatic rings. The van der Waals surface area contributed by atoms with E-state index in [-0.39, 0.29) is 17.7 Å². The van der Waals surface area contributed by atoms with Gasteiger partial charge in [-0.05, 0) is 19.1 Å². The Bertz CT molecular complexity index is 464. The number of nitrogens with one attached hydrogen (secondary N) is 2. The topological polar surface area (TPSA) is 72.5 Å². The van der Waals surface area contributed by atoms with Crippen LogP contribution in [0.2, 0.25) is 5.02 Å². The molecule has 1 fully saturated rings. The van der Waals surface area contributed by atoms with Crippen molar-refractivity contribution in [1.82, 2.24) is 10.3 Å². The summed E-state index contributed by atoms with van der Waals surface area (Å²) >= 11 is 6.01. The van der Waals surface area contributed by atoms with E-state index in [1.165, 1.54) is 0 Å². The van der Waals surface area contributed by atoms with E-state index in [4.69, 9.17) is 21.1 Å². The van der Waals surface area contributed by atoms with Crippen LogP contribution in [-0.2, 0) is 9.47 Å². The summed E-state index contributed by atoms with van der Waals surface area (Å²) < 4.78 is 10.7. The van der Waals surface area contributed by atoms with Gasteiger partial charge in [-0.15, -0.1) is 0 Å². The monoisotopic (exact) mass is 299 g/mol. The number of ether oxygens (including phenoxy) is 2. The fourth-order valence-corrected chi connectivity index (χ4v) is 2.02. The van der Waals surface area contributed by atoms with Gasteiger partial charge in [-0.3, -0.25) is 4.79 Å². The highest BCUT2D eigenvalue weighted by atomic mass is 35.5. The average Bonchev–Trinajstić information content (AvgIpc) is 2.48. The molecule has 0 aromatic carbocycles. The summed E-state index contributed by atoms with van der Waals surface area (Å²) in [6.07, 6.45) is -0.122. The molecule has 0 saturated carbocycles. The lowest BCUT2D eigenvalue weighted by Crippen LogP contribution is -2.40. The number of hydrogen-bond donors (Lipinski definition) is 2. The van der Waals surface area contributed by atoms with Gasteiger partial charge in [-0.25, -0.2) is 4.98 Å². The van der Waals surface area contributed by atoms with Crippen LogP contribution < -0.4 is 10.6 Å². The summed E-state index contributed by atoms with van der Waals surface area (Å²) in [4.78, 5) is 16.3. The lowest BCUT2D eigenvalue weighted by Gasteiger charge is -2.23. The summed E-state index contributed by atoms with van der Waals surface area (Å²) in [5.74, 6) is 0.309. The standard InChI is InChI=1S/C13H18ClN3O3/c1-2-15-11-4-3-10(14)12(17-11)13(18)16-7-9-8-19-5-6-20-9/h3-4,9H,2,5-8H2,1H3,(H,15,17)(H,16,18). The van der Waals surface area contributed by atoms with Crippen LogP contribution in [0.5, 0.6) is 0 Å². The van der Waals surface area contributed by atoms with Crippen LogP contribution in [0.4, 0.5) is 5.82 Å². The quantitative estimate of drug-likeness (QED) is 0.858. The van der Waals surface area contributed by atoms with Crippen molar-refractivity contribution in [3.63, 3.8) is 0 Å². The van der Waals surface area contributed by atoms with E-state index in [9.17, 15) is 4.79 Å². The van der Waals surface area contributed by atoms with Crippen LogP contribution in [-0.4, -0.2) is 49.9 Å². The Balaban J connectivity index is 1.95. The van der Waals surface area contributed by atoms with E-state index in [1.54, 1.807) is 12.1 Å². The minimum Gasteiger partial charge on any atom is -0.376 e. The Morgan fingerprint density at radius 3 is 3.05 bits per heavy atom. The molecule has 1 unspecified atom stereocenters. The van der Waals surface area contributed by atoms with Crippen molar-refractivity contribution < 1.29 is 14.3 Å². The molecule has 0 bridgehead atoms. The fraction of sp³-hybridized carbons (Fsp3) is 0.538. The second kappa shape index (κ2) is 7.42. The Labute approximate surface area is 122 Å². The number of pyridine rings is 1. The predicted octanol–water partition coefficient (Wildman–Crippen LogP) is 1.31. The van der Waals surface area contributed by atoms with Crippen molar-refractivity contribution in [2.75, 3.05) is 38.2 Å². The maximum atomic E-state index is 12.1. The van der Waals surface area contributed by atoms with E-state index in [2.05, 4.69) is 15.6 Å². The summed E-state index contributed by atoms with van der Waals surface area (Å²) in [5.41, 5.74) is 0.210. The number of anilines is 1. The number of hydrogen-bond acceptors (Lipinski definition) is 5. The summed E-state index contributed by atoms with van der Waals surface area (Å²) in [6, 6.07) is 3.39. The van der Waals surface area contributed by atoms with E-state index < -0.39 is 0 Å². The number of carbonyl (C=O) groups is 1. The second-order valence-corrected chi connectivity index (χ2v) is 4.74. The number of halogens is 1. The minimum absolute atomic E-state index is 0.122. The molecule has 0 spiro atoms. The maximum Gasteiger partial charge on any atom is 0.271 e. The highest BCUT2D eigenvalue weighted by Crippen LogP contribution is 2.16. The SMILES string of the molecule is CCNc1ccc(Cl)c(C(=O)NCC2COCCO2)n1. The number of aromatic nitrogens is 1. The largest absolute Gasteiger partial charge is 0.376 e. The highest BCUT2D eigenvalue weighted by molar-refractivity contribution is 6.33. The van der Waals surface area contributed by atoms with Crippen molar-refractivity contribution in [3.8, 4) is 0 Å². The first kappa shape index (κ1) is 15.0. The Hall–Kier alpha value is -1.37. The molecular weight excluding hydrogens is 282 g/mol. The maximum absolute atomic E-state index is 12.1. The number of rotatable bonds is 5. The van der Waals surface area contributed by atoms with Crippen LogP contribution in [0, 0.1) is 0 Å². The highest BCUT2D eigenvalue weighted by Gasteiger charge is 2.18. The van der Waals surface area contributed by atoms with E-state index in [0.29, 0.717) is 37.2 Å². The molecule has 6 nitrogen and oxygen atoms in total.